The second kappa shape index (κ2) is 8.79. The number of carbonyl (C=O) groups excluding carboxylic acids is 2. The van der Waals surface area contributed by atoms with Crippen LogP contribution < -0.4 is 10.1 Å². The molecule has 0 bridgehead atoms. The molecule has 2 rings (SSSR count). The number of benzene rings is 1. The van der Waals surface area contributed by atoms with Crippen LogP contribution in [0.4, 0.5) is 5.69 Å². The van der Waals surface area contributed by atoms with Gasteiger partial charge in [-0.1, -0.05) is 6.07 Å². The van der Waals surface area contributed by atoms with Crippen LogP contribution in [0.5, 0.6) is 5.75 Å². The van der Waals surface area contributed by atoms with Crippen molar-refractivity contribution < 1.29 is 24.2 Å². The molecule has 0 saturated heterocycles. The zero-order valence-electron chi connectivity index (χ0n) is 15.4. The molecule has 8 nitrogen and oxygen atoms in total. The number of hydrogen-bond acceptors (Lipinski definition) is 5. The highest BCUT2D eigenvalue weighted by Crippen LogP contribution is 2.16. The Morgan fingerprint density at radius 3 is 2.56 bits per heavy atom. The summed E-state index contributed by atoms with van der Waals surface area (Å²) in [7, 11) is 1.53. The Bertz CT molecular complexity index is 866. The molecule has 2 aromatic rings. The van der Waals surface area contributed by atoms with Gasteiger partial charge in [0.15, 0.2) is 0 Å². The maximum absolute atomic E-state index is 12.6. The van der Waals surface area contributed by atoms with Gasteiger partial charge in [0.05, 0.1) is 18.4 Å². The fraction of sp³-hybridized carbons (Fsp3) is 0.263. The third-order valence-electron chi connectivity index (χ3n) is 3.89. The zero-order chi connectivity index (χ0) is 20.0. The van der Waals surface area contributed by atoms with E-state index in [-0.39, 0.29) is 29.4 Å². The first-order valence-corrected chi connectivity index (χ1v) is 8.29. The number of nitrogens with one attached hydrogen (secondary N) is 1. The van der Waals surface area contributed by atoms with Crippen molar-refractivity contribution in [2.24, 2.45) is 0 Å². The molecule has 0 aliphatic heterocycles. The minimum Gasteiger partial charge on any atom is -0.497 e. The maximum atomic E-state index is 12.6. The number of rotatable bonds is 7. The van der Waals surface area contributed by atoms with Crippen LogP contribution in [0.15, 0.2) is 36.4 Å². The molecule has 0 fully saturated rings. The number of methoxy groups -OCH3 is 1. The molecule has 27 heavy (non-hydrogen) atoms. The van der Waals surface area contributed by atoms with E-state index in [1.165, 1.54) is 31.1 Å². The lowest BCUT2D eigenvalue weighted by atomic mass is 10.2. The van der Waals surface area contributed by atoms with E-state index >= 15 is 0 Å². The fourth-order valence-corrected chi connectivity index (χ4v) is 2.47. The topological polar surface area (TPSA) is 109 Å². The number of carboxylic acid groups (broad SMARTS) is 1. The predicted molar refractivity (Wildman–Crippen MR) is 99.1 cm³/mol. The Kier molecular flexibility index (Phi) is 6.48. The van der Waals surface area contributed by atoms with Crippen LogP contribution in [0.3, 0.4) is 0 Å². The van der Waals surface area contributed by atoms with Crippen molar-refractivity contribution in [3.05, 3.63) is 53.3 Å². The molecule has 1 aromatic heterocycles. The van der Waals surface area contributed by atoms with E-state index in [1.54, 1.807) is 31.2 Å². The summed E-state index contributed by atoms with van der Waals surface area (Å²) in [4.78, 5) is 41.3. The average molecular weight is 371 g/mol. The van der Waals surface area contributed by atoms with Crippen molar-refractivity contribution in [3.63, 3.8) is 0 Å². The minimum absolute atomic E-state index is 0.0327. The SMILES string of the molecule is CCN(CC(=O)Nc1cccc(OC)c1)C(=O)c1ccc(C(=O)O)c(C)n1. The Labute approximate surface area is 156 Å². The largest absolute Gasteiger partial charge is 0.497 e. The van der Waals surface area contributed by atoms with Gasteiger partial charge in [-0.25, -0.2) is 9.78 Å². The third-order valence-corrected chi connectivity index (χ3v) is 3.89. The van der Waals surface area contributed by atoms with Crippen LogP contribution in [0, 0.1) is 6.92 Å². The van der Waals surface area contributed by atoms with E-state index < -0.39 is 11.9 Å². The van der Waals surface area contributed by atoms with Crippen molar-refractivity contribution in [3.8, 4) is 5.75 Å². The first kappa shape index (κ1) is 19.9. The molecule has 142 valence electrons. The number of hydrogen-bond donors (Lipinski definition) is 2. The molecule has 1 aromatic carbocycles. The summed E-state index contributed by atoms with van der Waals surface area (Å²) in [5.74, 6) is -1.31. The van der Waals surface area contributed by atoms with E-state index in [0.717, 1.165) is 0 Å². The number of amides is 2. The van der Waals surface area contributed by atoms with Gasteiger partial charge in [0.2, 0.25) is 5.91 Å². The molecule has 0 spiro atoms. The molecule has 0 aliphatic carbocycles. The Morgan fingerprint density at radius 2 is 1.96 bits per heavy atom. The van der Waals surface area contributed by atoms with Crippen LogP contribution in [-0.2, 0) is 4.79 Å². The molecular formula is C19H21N3O5. The summed E-state index contributed by atoms with van der Waals surface area (Å²) in [5.41, 5.74) is 0.923. The molecule has 1 heterocycles. The van der Waals surface area contributed by atoms with Gasteiger partial charge in [0.1, 0.15) is 18.0 Å². The third kappa shape index (κ3) is 5.04. The van der Waals surface area contributed by atoms with Crippen molar-refractivity contribution >= 4 is 23.5 Å². The summed E-state index contributed by atoms with van der Waals surface area (Å²) >= 11 is 0. The molecule has 0 radical (unpaired) electrons. The molecule has 2 N–H and O–H groups in total. The summed E-state index contributed by atoms with van der Waals surface area (Å²) in [6.45, 7) is 3.40. The molecule has 0 unspecified atom stereocenters. The lowest BCUT2D eigenvalue weighted by Gasteiger charge is -2.20. The summed E-state index contributed by atoms with van der Waals surface area (Å²) in [6, 6.07) is 9.57. The number of nitrogens with zero attached hydrogens (tertiary/aromatic N) is 2. The number of pyridine rings is 1. The van der Waals surface area contributed by atoms with Crippen LogP contribution in [0.1, 0.15) is 33.5 Å². The highest BCUT2D eigenvalue weighted by Gasteiger charge is 2.20. The monoisotopic (exact) mass is 371 g/mol. The number of aromatic carboxylic acids is 1. The van der Waals surface area contributed by atoms with Crippen LogP contribution >= 0.6 is 0 Å². The van der Waals surface area contributed by atoms with E-state index in [0.29, 0.717) is 18.0 Å². The number of carbonyl (C=O) groups is 3. The summed E-state index contributed by atoms with van der Waals surface area (Å²) in [5, 5.41) is 11.8. The number of aromatic nitrogens is 1. The van der Waals surface area contributed by atoms with Crippen LogP contribution in [0.2, 0.25) is 0 Å². The molecule has 2 amide bonds. The van der Waals surface area contributed by atoms with Gasteiger partial charge in [-0.2, -0.15) is 0 Å². The van der Waals surface area contributed by atoms with Gasteiger partial charge in [-0.3, -0.25) is 9.59 Å². The van der Waals surface area contributed by atoms with Crippen molar-refractivity contribution in [2.45, 2.75) is 13.8 Å². The lowest BCUT2D eigenvalue weighted by molar-refractivity contribution is -0.116. The predicted octanol–water partition coefficient (Wildman–Crippen LogP) is 2.20. The number of carboxylic acids is 1. The molecule has 0 atom stereocenters. The molecular weight excluding hydrogens is 350 g/mol. The Balaban J connectivity index is 2.09. The number of aryl methyl sites for hydroxylation is 1. The van der Waals surface area contributed by atoms with Crippen molar-refractivity contribution in [2.75, 3.05) is 25.5 Å². The summed E-state index contributed by atoms with van der Waals surface area (Å²) < 4.78 is 5.11. The molecule has 8 heteroatoms. The smallest absolute Gasteiger partial charge is 0.337 e. The minimum atomic E-state index is -1.11. The van der Waals surface area contributed by atoms with Crippen molar-refractivity contribution in [1.29, 1.82) is 0 Å². The van der Waals surface area contributed by atoms with Gasteiger partial charge in [-0.05, 0) is 38.1 Å². The highest BCUT2D eigenvalue weighted by molar-refractivity contribution is 5.99. The summed E-state index contributed by atoms with van der Waals surface area (Å²) in [6.07, 6.45) is 0. The molecule has 0 saturated carbocycles. The van der Waals surface area contributed by atoms with Gasteiger partial charge >= 0.3 is 5.97 Å². The van der Waals surface area contributed by atoms with Crippen LogP contribution in [-0.4, -0.2) is 53.0 Å². The normalized spacial score (nSPS) is 10.2. The second-order valence-corrected chi connectivity index (χ2v) is 5.73. The van der Waals surface area contributed by atoms with Crippen molar-refractivity contribution in [1.82, 2.24) is 9.88 Å². The fourth-order valence-electron chi connectivity index (χ4n) is 2.47. The zero-order valence-corrected chi connectivity index (χ0v) is 15.4. The first-order chi connectivity index (χ1) is 12.8. The van der Waals surface area contributed by atoms with E-state index in [2.05, 4.69) is 10.3 Å². The van der Waals surface area contributed by atoms with Gasteiger partial charge in [0, 0.05) is 18.3 Å². The Morgan fingerprint density at radius 1 is 1.22 bits per heavy atom. The highest BCUT2D eigenvalue weighted by atomic mass is 16.5. The van der Waals surface area contributed by atoms with E-state index in [4.69, 9.17) is 9.84 Å². The number of ether oxygens (including phenoxy) is 1. The van der Waals surface area contributed by atoms with Gasteiger partial charge < -0.3 is 20.1 Å². The second-order valence-electron chi connectivity index (χ2n) is 5.73. The standard InChI is InChI=1S/C19H21N3O5/c1-4-22(11-17(23)21-13-6-5-7-14(10-13)27-3)18(24)16-9-8-15(19(25)26)12(2)20-16/h5-10H,4,11H2,1-3H3,(H,21,23)(H,25,26). The quantitative estimate of drug-likeness (QED) is 0.772. The lowest BCUT2D eigenvalue weighted by Crippen LogP contribution is -2.38. The van der Waals surface area contributed by atoms with Gasteiger partial charge in [0.25, 0.3) is 5.91 Å². The number of anilines is 1. The first-order valence-electron chi connectivity index (χ1n) is 8.29. The average Bonchev–Trinajstić information content (AvgIpc) is 2.65. The molecule has 0 aliphatic rings. The van der Waals surface area contributed by atoms with Crippen LogP contribution in [0.25, 0.3) is 0 Å². The van der Waals surface area contributed by atoms with E-state index in [9.17, 15) is 14.4 Å². The van der Waals surface area contributed by atoms with Gasteiger partial charge in [-0.15, -0.1) is 0 Å². The Hall–Kier alpha value is -3.42. The van der Waals surface area contributed by atoms with E-state index in [1.807, 2.05) is 0 Å². The maximum Gasteiger partial charge on any atom is 0.337 e. The number of likely N-dealkylation sites (N-methyl/N-ethyl adjacent to an activating group) is 1.